The molecule has 0 spiro atoms. The first-order valence-electron chi connectivity index (χ1n) is 4.13. The molecule has 0 bridgehead atoms. The van der Waals surface area contributed by atoms with Crippen LogP contribution in [0, 0.1) is 6.92 Å². The molecule has 2 aromatic rings. The lowest BCUT2D eigenvalue weighted by atomic mass is 9.79. The number of fused-ring (bicyclic) bond motifs is 1. The maximum Gasteiger partial charge on any atom is 0.489 e. The normalized spacial score (nSPS) is 10.9. The summed E-state index contributed by atoms with van der Waals surface area (Å²) >= 11 is 4.90. The Kier molecular flexibility index (Phi) is 2.66. The van der Waals surface area contributed by atoms with Gasteiger partial charge in [0.05, 0.1) is 3.79 Å². The fourth-order valence-corrected chi connectivity index (χ4v) is 3.13. The van der Waals surface area contributed by atoms with E-state index in [0.717, 1.165) is 19.4 Å². The molecule has 0 atom stereocenters. The highest BCUT2D eigenvalue weighted by Gasteiger charge is 2.16. The van der Waals surface area contributed by atoms with Crippen molar-refractivity contribution in [3.8, 4) is 0 Å². The van der Waals surface area contributed by atoms with E-state index in [1.165, 1.54) is 11.3 Å². The average molecular weight is 271 g/mol. The second-order valence-electron chi connectivity index (χ2n) is 3.20. The third kappa shape index (κ3) is 1.73. The first-order chi connectivity index (χ1) is 6.58. The molecule has 14 heavy (non-hydrogen) atoms. The minimum atomic E-state index is -1.40. The molecule has 1 heterocycles. The second-order valence-corrected chi connectivity index (χ2v) is 5.63. The van der Waals surface area contributed by atoms with Gasteiger partial charge in [0.2, 0.25) is 0 Å². The largest absolute Gasteiger partial charge is 0.489 e. The summed E-state index contributed by atoms with van der Waals surface area (Å²) in [6.07, 6.45) is 0. The molecule has 2 N–H and O–H groups in total. The van der Waals surface area contributed by atoms with Crippen LogP contribution in [-0.4, -0.2) is 17.2 Å². The lowest BCUT2D eigenvalue weighted by molar-refractivity contribution is 0.426. The highest BCUT2D eigenvalue weighted by molar-refractivity contribution is 9.11. The van der Waals surface area contributed by atoms with Gasteiger partial charge in [-0.1, -0.05) is 17.7 Å². The molecule has 1 aromatic carbocycles. The predicted molar refractivity (Wildman–Crippen MR) is 64.1 cm³/mol. The summed E-state index contributed by atoms with van der Waals surface area (Å²) in [7, 11) is -1.40. The van der Waals surface area contributed by atoms with Crippen molar-refractivity contribution in [2.45, 2.75) is 6.92 Å². The molecule has 1 aromatic heterocycles. The van der Waals surface area contributed by atoms with Crippen molar-refractivity contribution in [3.63, 3.8) is 0 Å². The molecule has 72 valence electrons. The molecule has 0 saturated heterocycles. The number of benzene rings is 1. The van der Waals surface area contributed by atoms with Crippen LogP contribution in [0.5, 0.6) is 0 Å². The number of halogens is 1. The molecule has 0 amide bonds. The van der Waals surface area contributed by atoms with E-state index in [1.807, 2.05) is 19.1 Å². The van der Waals surface area contributed by atoms with Crippen LogP contribution in [0.2, 0.25) is 0 Å². The molecular weight excluding hydrogens is 263 g/mol. The van der Waals surface area contributed by atoms with E-state index in [9.17, 15) is 10.0 Å². The van der Waals surface area contributed by atoms with Gasteiger partial charge in [0.1, 0.15) is 0 Å². The van der Waals surface area contributed by atoms with Crippen molar-refractivity contribution < 1.29 is 10.0 Å². The summed E-state index contributed by atoms with van der Waals surface area (Å²) in [6, 6.07) is 5.82. The van der Waals surface area contributed by atoms with Gasteiger partial charge in [-0.05, 0) is 34.3 Å². The summed E-state index contributed by atoms with van der Waals surface area (Å²) in [6.45, 7) is 1.94. The Labute approximate surface area is 94.5 Å². The Bertz CT molecular complexity index is 481. The first kappa shape index (κ1) is 10.2. The molecule has 0 saturated carbocycles. The highest BCUT2D eigenvalue weighted by atomic mass is 79.9. The predicted octanol–water partition coefficient (Wildman–Crippen LogP) is 1.65. The monoisotopic (exact) mass is 270 g/mol. The molecule has 0 radical (unpaired) electrons. The Hall–Kier alpha value is -0.355. The lowest BCUT2D eigenvalue weighted by Crippen LogP contribution is -2.30. The first-order valence-corrected chi connectivity index (χ1v) is 5.74. The highest BCUT2D eigenvalue weighted by Crippen LogP contribution is 2.29. The van der Waals surface area contributed by atoms with E-state index < -0.39 is 7.12 Å². The van der Waals surface area contributed by atoms with Gasteiger partial charge in [-0.15, -0.1) is 11.3 Å². The quantitative estimate of drug-likeness (QED) is 0.774. The van der Waals surface area contributed by atoms with Gasteiger partial charge in [-0.2, -0.15) is 0 Å². The van der Waals surface area contributed by atoms with Gasteiger partial charge < -0.3 is 10.0 Å². The van der Waals surface area contributed by atoms with E-state index in [2.05, 4.69) is 15.9 Å². The van der Waals surface area contributed by atoms with Crippen molar-refractivity contribution in [1.82, 2.24) is 0 Å². The summed E-state index contributed by atoms with van der Waals surface area (Å²) in [5, 5.41) is 19.5. The zero-order chi connectivity index (χ0) is 10.3. The van der Waals surface area contributed by atoms with Crippen molar-refractivity contribution in [2.75, 3.05) is 0 Å². The van der Waals surface area contributed by atoms with Crippen molar-refractivity contribution >= 4 is 49.9 Å². The third-order valence-electron chi connectivity index (χ3n) is 2.04. The minimum Gasteiger partial charge on any atom is -0.423 e. The minimum absolute atomic E-state index is 0.579. The number of rotatable bonds is 1. The van der Waals surface area contributed by atoms with E-state index in [0.29, 0.717) is 5.46 Å². The number of aryl methyl sites for hydroxylation is 1. The van der Waals surface area contributed by atoms with Crippen LogP contribution in [0.1, 0.15) is 5.56 Å². The van der Waals surface area contributed by atoms with Crippen molar-refractivity contribution in [2.24, 2.45) is 0 Å². The van der Waals surface area contributed by atoms with Crippen LogP contribution in [-0.2, 0) is 0 Å². The summed E-state index contributed by atoms with van der Waals surface area (Å²) in [4.78, 5) is 0. The Morgan fingerprint density at radius 1 is 1.29 bits per heavy atom. The zero-order valence-corrected chi connectivity index (χ0v) is 9.89. The third-order valence-corrected chi connectivity index (χ3v) is 3.74. The van der Waals surface area contributed by atoms with Gasteiger partial charge >= 0.3 is 7.12 Å². The Morgan fingerprint density at radius 3 is 2.64 bits per heavy atom. The second kappa shape index (κ2) is 3.66. The van der Waals surface area contributed by atoms with E-state index >= 15 is 0 Å². The topological polar surface area (TPSA) is 40.5 Å². The standard InChI is InChI=1S/C9H8BBrO2S/c1-5-2-6-4-8(11)14-9(6)7(3-5)10(12)13/h2-4,12-13H,1H3. The molecule has 0 aliphatic rings. The van der Waals surface area contributed by atoms with Crippen LogP contribution in [0.3, 0.4) is 0 Å². The van der Waals surface area contributed by atoms with E-state index in [-0.39, 0.29) is 0 Å². The van der Waals surface area contributed by atoms with Gasteiger partial charge in [0.25, 0.3) is 0 Å². The number of hydrogen-bond donors (Lipinski definition) is 2. The van der Waals surface area contributed by atoms with Crippen LogP contribution in [0.25, 0.3) is 10.1 Å². The average Bonchev–Trinajstić information content (AvgIpc) is 2.42. The Balaban J connectivity index is 2.79. The number of thiophene rings is 1. The van der Waals surface area contributed by atoms with E-state index in [4.69, 9.17) is 0 Å². The van der Waals surface area contributed by atoms with Gasteiger partial charge in [0, 0.05) is 10.2 Å². The van der Waals surface area contributed by atoms with Crippen LogP contribution in [0.15, 0.2) is 22.0 Å². The number of hydrogen-bond acceptors (Lipinski definition) is 3. The van der Waals surface area contributed by atoms with E-state index in [1.54, 1.807) is 6.07 Å². The maximum atomic E-state index is 9.20. The molecule has 0 unspecified atom stereocenters. The van der Waals surface area contributed by atoms with Crippen molar-refractivity contribution in [3.05, 3.63) is 27.5 Å². The van der Waals surface area contributed by atoms with Crippen molar-refractivity contribution in [1.29, 1.82) is 0 Å². The molecular formula is C9H8BBrO2S. The molecule has 0 fully saturated rings. The Morgan fingerprint density at radius 2 is 2.00 bits per heavy atom. The fraction of sp³-hybridized carbons (Fsp3) is 0.111. The van der Waals surface area contributed by atoms with Gasteiger partial charge in [0.15, 0.2) is 0 Å². The summed E-state index contributed by atoms with van der Waals surface area (Å²) < 4.78 is 1.93. The van der Waals surface area contributed by atoms with Crippen LogP contribution in [0.4, 0.5) is 0 Å². The lowest BCUT2D eigenvalue weighted by Gasteiger charge is -2.02. The van der Waals surface area contributed by atoms with Gasteiger partial charge in [-0.3, -0.25) is 0 Å². The molecule has 2 rings (SSSR count). The van der Waals surface area contributed by atoms with Crippen LogP contribution < -0.4 is 5.46 Å². The maximum absolute atomic E-state index is 9.20. The summed E-state index contributed by atoms with van der Waals surface area (Å²) in [5.74, 6) is 0. The SMILES string of the molecule is Cc1cc(B(O)O)c2sc(Br)cc2c1. The fourth-order valence-electron chi connectivity index (χ4n) is 1.50. The zero-order valence-electron chi connectivity index (χ0n) is 7.49. The molecule has 2 nitrogen and oxygen atoms in total. The molecule has 0 aliphatic carbocycles. The molecule has 0 aliphatic heterocycles. The summed E-state index contributed by atoms with van der Waals surface area (Å²) in [5.41, 5.74) is 1.61. The van der Waals surface area contributed by atoms with Crippen LogP contribution >= 0.6 is 27.3 Å². The smallest absolute Gasteiger partial charge is 0.423 e. The molecule has 5 heteroatoms. The van der Waals surface area contributed by atoms with Gasteiger partial charge in [-0.25, -0.2) is 0 Å².